The van der Waals surface area contributed by atoms with Crippen LogP contribution in [-0.4, -0.2) is 81.1 Å². The molecule has 3 amide bonds. The van der Waals surface area contributed by atoms with Crippen LogP contribution in [0.25, 0.3) is 0 Å². The first-order chi connectivity index (χ1) is 20.1. The molecule has 4 heterocycles. The monoisotopic (exact) mass is 591 g/mol. The lowest BCUT2D eigenvalue weighted by molar-refractivity contribution is -0.159. The molecule has 1 unspecified atom stereocenters. The molecule has 0 aromatic heterocycles. The topological polar surface area (TPSA) is 90.4 Å². The van der Waals surface area contributed by atoms with Crippen LogP contribution in [0.1, 0.15) is 68.2 Å². The number of nitrogens with zero attached hydrogens (tertiary/aromatic N) is 3. The summed E-state index contributed by atoms with van der Waals surface area (Å²) in [4.78, 5) is 49.5. The van der Waals surface area contributed by atoms with Gasteiger partial charge in [-0.1, -0.05) is 83.5 Å². The second-order valence-electron chi connectivity index (χ2n) is 15.0. The quantitative estimate of drug-likeness (QED) is 0.469. The van der Waals surface area contributed by atoms with Crippen LogP contribution >= 0.6 is 0 Å². The van der Waals surface area contributed by atoms with Crippen molar-refractivity contribution in [1.82, 2.24) is 9.80 Å². The molecule has 234 valence electrons. The molecule has 5 rings (SSSR count). The molecule has 8 heteroatoms. The maximum absolute atomic E-state index is 14.9. The number of amides is 3. The second kappa shape index (κ2) is 10.9. The van der Waals surface area contributed by atoms with E-state index in [2.05, 4.69) is 34.6 Å². The van der Waals surface area contributed by atoms with Gasteiger partial charge in [0.15, 0.2) is 0 Å². The minimum atomic E-state index is -1.36. The SMILES string of the molecule is CC[C@H](C)[C@H](CO)N1C(=O)[C@@H]2[C@@H]3C(=O)N(c4ccccc4)CC=C[C@]3(C)O[C@@]23C=CCN(C(C)(C)CC(C)(C)C)C(=O)C13. The van der Waals surface area contributed by atoms with Gasteiger partial charge >= 0.3 is 0 Å². The molecule has 0 radical (unpaired) electrons. The van der Waals surface area contributed by atoms with E-state index in [0.29, 0.717) is 19.5 Å². The first kappa shape index (κ1) is 31.5. The van der Waals surface area contributed by atoms with E-state index in [4.69, 9.17) is 4.74 Å². The van der Waals surface area contributed by atoms with Crippen LogP contribution < -0.4 is 4.90 Å². The van der Waals surface area contributed by atoms with E-state index in [1.165, 1.54) is 0 Å². The van der Waals surface area contributed by atoms with Crippen molar-refractivity contribution in [3.05, 3.63) is 54.6 Å². The molecule has 2 saturated heterocycles. The zero-order chi connectivity index (χ0) is 31.5. The van der Waals surface area contributed by atoms with Gasteiger partial charge in [-0.05, 0) is 50.7 Å². The highest BCUT2D eigenvalue weighted by Crippen LogP contribution is 2.58. The Bertz CT molecular complexity index is 1320. The number of carbonyl (C=O) groups excluding carboxylic acids is 3. The van der Waals surface area contributed by atoms with Gasteiger partial charge in [-0.2, -0.15) is 0 Å². The highest BCUT2D eigenvalue weighted by molar-refractivity contribution is 6.04. The van der Waals surface area contributed by atoms with Crippen LogP contribution in [0.15, 0.2) is 54.6 Å². The van der Waals surface area contributed by atoms with Crippen LogP contribution in [0.4, 0.5) is 5.69 Å². The Morgan fingerprint density at radius 1 is 0.953 bits per heavy atom. The van der Waals surface area contributed by atoms with E-state index in [-0.39, 0.29) is 35.7 Å². The van der Waals surface area contributed by atoms with Gasteiger partial charge in [0.1, 0.15) is 11.6 Å². The Hall–Kier alpha value is -2.97. The zero-order valence-corrected chi connectivity index (χ0v) is 27.0. The van der Waals surface area contributed by atoms with Gasteiger partial charge in [-0.15, -0.1) is 0 Å². The summed E-state index contributed by atoms with van der Waals surface area (Å²) in [6, 6.07) is 7.86. The molecule has 1 N–H and O–H groups in total. The molecule has 4 aliphatic rings. The van der Waals surface area contributed by atoms with Gasteiger partial charge in [-0.3, -0.25) is 14.4 Å². The van der Waals surface area contributed by atoms with Crippen molar-refractivity contribution in [2.45, 2.75) is 97.1 Å². The van der Waals surface area contributed by atoms with Crippen LogP contribution in [0.3, 0.4) is 0 Å². The third-order valence-corrected chi connectivity index (χ3v) is 10.1. The van der Waals surface area contributed by atoms with Gasteiger partial charge in [0.2, 0.25) is 17.7 Å². The lowest BCUT2D eigenvalue weighted by atomic mass is 9.74. The van der Waals surface area contributed by atoms with Crippen LogP contribution in [0, 0.1) is 23.2 Å². The average Bonchev–Trinajstić information content (AvgIpc) is 3.19. The van der Waals surface area contributed by atoms with Crippen molar-refractivity contribution in [2.75, 3.05) is 24.6 Å². The lowest BCUT2D eigenvalue weighted by Gasteiger charge is -2.46. The Balaban J connectivity index is 1.67. The fraction of sp³-hybridized carbons (Fsp3) is 0.629. The summed E-state index contributed by atoms with van der Waals surface area (Å²) in [6.45, 7) is 16.9. The van der Waals surface area contributed by atoms with Crippen molar-refractivity contribution in [2.24, 2.45) is 23.2 Å². The number of anilines is 1. The molecule has 2 fully saturated rings. The number of likely N-dealkylation sites (tertiary alicyclic amines) is 1. The number of hydrogen-bond donors (Lipinski definition) is 1. The van der Waals surface area contributed by atoms with Gasteiger partial charge in [0, 0.05) is 24.3 Å². The van der Waals surface area contributed by atoms with Crippen LogP contribution in [-0.2, 0) is 19.1 Å². The summed E-state index contributed by atoms with van der Waals surface area (Å²) < 4.78 is 7.01. The number of hydrogen-bond acceptors (Lipinski definition) is 5. The lowest BCUT2D eigenvalue weighted by Crippen LogP contribution is -2.62. The predicted molar refractivity (Wildman–Crippen MR) is 167 cm³/mol. The Morgan fingerprint density at radius 3 is 2.21 bits per heavy atom. The number of benzene rings is 1. The summed E-state index contributed by atoms with van der Waals surface area (Å²) in [5, 5.41) is 10.7. The van der Waals surface area contributed by atoms with Crippen LogP contribution in [0.2, 0.25) is 0 Å². The molecular weight excluding hydrogens is 542 g/mol. The van der Waals surface area contributed by atoms with Gasteiger partial charge in [-0.25, -0.2) is 0 Å². The molecule has 1 spiro atoms. The first-order valence-corrected chi connectivity index (χ1v) is 15.8. The number of carbonyl (C=O) groups is 3. The zero-order valence-electron chi connectivity index (χ0n) is 27.0. The number of rotatable bonds is 7. The molecule has 8 nitrogen and oxygen atoms in total. The molecular formula is C35H49N3O5. The molecule has 1 aromatic rings. The standard InChI is InChI=1S/C35H49N3O5/c1-9-23(2)25(21-39)38-28-31(42)37(33(6,7)22-32(3,4)5)20-14-18-35(28)27(30(38)41)26-29(40)36(24-15-11-10-12-16-24)19-13-17-34(26,8)43-35/h10-18,23,25-28,39H,9,19-22H2,1-8H3/t23-,25-,26+,27-,28?,34-,35-/m0/s1. The number of ether oxygens (including phenoxy) is 1. The predicted octanol–water partition coefficient (Wildman–Crippen LogP) is 4.58. The maximum atomic E-state index is 14.9. The highest BCUT2D eigenvalue weighted by Gasteiger charge is 2.75. The minimum absolute atomic E-state index is 0.0435. The summed E-state index contributed by atoms with van der Waals surface area (Å²) >= 11 is 0. The molecule has 7 atom stereocenters. The number of para-hydroxylation sites is 1. The average molecular weight is 592 g/mol. The second-order valence-corrected chi connectivity index (χ2v) is 15.0. The number of fused-ring (bicyclic) bond motifs is 2. The van der Waals surface area contributed by atoms with E-state index < -0.39 is 40.7 Å². The summed E-state index contributed by atoms with van der Waals surface area (Å²) in [5.41, 5.74) is -2.28. The van der Waals surface area contributed by atoms with Crippen molar-refractivity contribution in [1.29, 1.82) is 0 Å². The summed E-state index contributed by atoms with van der Waals surface area (Å²) in [5.74, 6) is -2.55. The van der Waals surface area contributed by atoms with Gasteiger partial charge < -0.3 is 24.5 Å². The third-order valence-electron chi connectivity index (χ3n) is 10.1. The van der Waals surface area contributed by atoms with E-state index in [1.807, 2.05) is 80.3 Å². The van der Waals surface area contributed by atoms with Crippen molar-refractivity contribution in [3.63, 3.8) is 0 Å². The molecule has 43 heavy (non-hydrogen) atoms. The Morgan fingerprint density at radius 2 is 1.60 bits per heavy atom. The summed E-state index contributed by atoms with van der Waals surface area (Å²) in [6.07, 6.45) is 9.14. The number of aliphatic hydroxyl groups excluding tert-OH is 1. The molecule has 0 bridgehead atoms. The largest absolute Gasteiger partial charge is 0.394 e. The van der Waals surface area contributed by atoms with E-state index in [9.17, 15) is 19.5 Å². The Kier molecular flexibility index (Phi) is 7.96. The van der Waals surface area contributed by atoms with Gasteiger partial charge in [0.25, 0.3) is 0 Å². The Labute approximate surface area is 256 Å². The van der Waals surface area contributed by atoms with E-state index in [0.717, 1.165) is 12.1 Å². The van der Waals surface area contributed by atoms with Crippen molar-refractivity contribution >= 4 is 23.4 Å². The third kappa shape index (κ3) is 5.04. The minimum Gasteiger partial charge on any atom is -0.394 e. The molecule has 0 saturated carbocycles. The smallest absolute Gasteiger partial charge is 0.249 e. The number of aliphatic hydroxyl groups is 1. The van der Waals surface area contributed by atoms with Crippen molar-refractivity contribution in [3.8, 4) is 0 Å². The van der Waals surface area contributed by atoms with Crippen LogP contribution in [0.5, 0.6) is 0 Å². The molecule has 4 aliphatic heterocycles. The normalized spacial score (nSPS) is 32.3. The fourth-order valence-corrected chi connectivity index (χ4v) is 8.41. The first-order valence-electron chi connectivity index (χ1n) is 15.8. The van der Waals surface area contributed by atoms with E-state index in [1.54, 1.807) is 9.80 Å². The highest BCUT2D eigenvalue weighted by atomic mass is 16.5. The fourth-order valence-electron chi connectivity index (χ4n) is 8.41. The van der Waals surface area contributed by atoms with Crippen molar-refractivity contribution < 1.29 is 24.2 Å². The molecule has 1 aromatic carbocycles. The summed E-state index contributed by atoms with van der Waals surface area (Å²) in [7, 11) is 0. The van der Waals surface area contributed by atoms with E-state index >= 15 is 0 Å². The molecule has 0 aliphatic carbocycles. The van der Waals surface area contributed by atoms with Gasteiger partial charge in [0.05, 0.1) is 30.1 Å². The maximum Gasteiger partial charge on any atom is 0.249 e.